The predicted octanol–water partition coefficient (Wildman–Crippen LogP) is 3.23. The van der Waals surface area contributed by atoms with Gasteiger partial charge in [0.05, 0.1) is 0 Å². The van der Waals surface area contributed by atoms with Crippen molar-refractivity contribution in [2.24, 2.45) is 5.92 Å². The van der Waals surface area contributed by atoms with Crippen LogP contribution in [0.5, 0.6) is 0 Å². The van der Waals surface area contributed by atoms with Crippen molar-refractivity contribution in [3.05, 3.63) is 0 Å². The minimum atomic E-state index is -6.21. The van der Waals surface area contributed by atoms with E-state index < -0.39 is 54.0 Å². The van der Waals surface area contributed by atoms with E-state index in [1.807, 2.05) is 0 Å². The fraction of sp³-hybridized carbons (Fsp3) is 0.929. The number of halogens is 5. The molecule has 1 N–H and O–H groups in total. The molecule has 0 aromatic heterocycles. The molecule has 0 saturated heterocycles. The van der Waals surface area contributed by atoms with E-state index >= 15 is 0 Å². The summed E-state index contributed by atoms with van der Waals surface area (Å²) in [6.07, 6.45) is -1.68. The molecule has 26 heavy (non-hydrogen) atoms. The SMILES string of the molecule is CC(CI(C)C)C(=O)OCCCOCCCC(F)(F)C(F)(F)S(=O)(=O)O. The summed E-state index contributed by atoms with van der Waals surface area (Å²) in [7, 11) is -6.21. The van der Waals surface area contributed by atoms with Gasteiger partial charge >= 0.3 is 128 Å². The number of ether oxygens (including phenoxy) is 2. The van der Waals surface area contributed by atoms with Crippen molar-refractivity contribution in [1.82, 2.24) is 0 Å². The molecule has 12 heteroatoms. The van der Waals surface area contributed by atoms with Crippen molar-refractivity contribution < 1.29 is 44.8 Å². The molecule has 0 rings (SSSR count). The standard InChI is InChI=1S/C14H25F4IO6S/c1-11(10-19(2)3)12(20)25-9-5-8-24-7-4-6-13(15,16)14(17,18)26(21,22)23/h11H,4-10H2,1-3H3,(H,21,22,23). The topological polar surface area (TPSA) is 89.9 Å². The van der Waals surface area contributed by atoms with Gasteiger partial charge in [0.25, 0.3) is 0 Å². The van der Waals surface area contributed by atoms with Crippen LogP contribution in [0.3, 0.4) is 0 Å². The third-order valence-electron chi connectivity index (χ3n) is 3.15. The Kier molecular flexibility index (Phi) is 10.9. The molecule has 1 unspecified atom stereocenters. The number of hydrogen-bond acceptors (Lipinski definition) is 5. The predicted molar refractivity (Wildman–Crippen MR) is 97.0 cm³/mol. The van der Waals surface area contributed by atoms with Crippen LogP contribution in [0.4, 0.5) is 17.6 Å². The van der Waals surface area contributed by atoms with Gasteiger partial charge in [-0.1, -0.05) is 0 Å². The number of carbonyl (C=O) groups is 1. The summed E-state index contributed by atoms with van der Waals surface area (Å²) in [5.41, 5.74) is 0. The summed E-state index contributed by atoms with van der Waals surface area (Å²) in [6, 6.07) is 0. The number of rotatable bonds is 13. The van der Waals surface area contributed by atoms with Crippen LogP contribution in [0.2, 0.25) is 0 Å². The van der Waals surface area contributed by atoms with Crippen LogP contribution in [0.1, 0.15) is 26.2 Å². The van der Waals surface area contributed by atoms with E-state index in [1.54, 1.807) is 6.92 Å². The Morgan fingerprint density at radius 3 is 2.15 bits per heavy atom. The molecule has 0 aromatic carbocycles. The summed E-state index contributed by atoms with van der Waals surface area (Å²) in [4.78, 5) is 15.9. The Morgan fingerprint density at radius 1 is 1.12 bits per heavy atom. The molecule has 0 amide bonds. The van der Waals surface area contributed by atoms with Crippen molar-refractivity contribution in [2.45, 2.75) is 37.4 Å². The number of alkyl halides is 7. The van der Waals surface area contributed by atoms with Gasteiger partial charge in [-0.05, 0) is 0 Å². The Hall–Kier alpha value is -0.210. The molecule has 1 atom stereocenters. The van der Waals surface area contributed by atoms with Gasteiger partial charge in [0.1, 0.15) is 0 Å². The number of carbonyl (C=O) groups excluding carboxylic acids is 1. The smallest absolute Gasteiger partial charge is 0.281 e. The number of esters is 1. The zero-order valence-electron chi connectivity index (χ0n) is 14.8. The Labute approximate surface area is 158 Å². The fourth-order valence-corrected chi connectivity index (χ4v) is 5.32. The zero-order valence-corrected chi connectivity index (χ0v) is 17.8. The van der Waals surface area contributed by atoms with E-state index in [0.29, 0.717) is 6.42 Å². The Balaban J connectivity index is 3.94. The first-order chi connectivity index (χ1) is 11.7. The first-order valence-corrected chi connectivity index (χ1v) is 14.9. The van der Waals surface area contributed by atoms with Crippen molar-refractivity contribution in [1.29, 1.82) is 0 Å². The minimum Gasteiger partial charge on any atom is -0.281 e. The van der Waals surface area contributed by atoms with Gasteiger partial charge in [0, 0.05) is 0 Å². The average Bonchev–Trinajstić information content (AvgIpc) is 2.47. The molecule has 0 spiro atoms. The second-order valence-electron chi connectivity index (χ2n) is 5.90. The van der Waals surface area contributed by atoms with Gasteiger partial charge in [-0.15, -0.1) is 0 Å². The summed E-state index contributed by atoms with van der Waals surface area (Å²) in [5.74, 6) is -5.37. The van der Waals surface area contributed by atoms with Gasteiger partial charge in [-0.2, -0.15) is 26.0 Å². The molecule has 0 radical (unpaired) electrons. The van der Waals surface area contributed by atoms with E-state index in [0.717, 1.165) is 4.43 Å². The Morgan fingerprint density at radius 2 is 1.65 bits per heavy atom. The quantitative estimate of drug-likeness (QED) is 0.0995. The van der Waals surface area contributed by atoms with Crippen LogP contribution < -0.4 is 0 Å². The summed E-state index contributed by atoms with van der Waals surface area (Å²) < 4.78 is 91.9. The molecule has 0 aromatic rings. The fourth-order valence-electron chi connectivity index (χ4n) is 1.83. The van der Waals surface area contributed by atoms with Crippen LogP contribution in [0.15, 0.2) is 0 Å². The zero-order chi connectivity index (χ0) is 20.6. The van der Waals surface area contributed by atoms with Gasteiger partial charge < -0.3 is 0 Å². The molecule has 0 saturated carbocycles. The van der Waals surface area contributed by atoms with Crippen LogP contribution in [0, 0.1) is 5.92 Å². The van der Waals surface area contributed by atoms with Gasteiger partial charge in [0.2, 0.25) is 0 Å². The molecule has 0 heterocycles. The summed E-state index contributed by atoms with van der Waals surface area (Å²) in [6.45, 7) is 1.66. The molecule has 0 bridgehead atoms. The van der Waals surface area contributed by atoms with Gasteiger partial charge in [0.15, 0.2) is 0 Å². The van der Waals surface area contributed by atoms with Crippen molar-refractivity contribution in [3.63, 3.8) is 0 Å². The maximum atomic E-state index is 13.2. The molecule has 0 aliphatic heterocycles. The van der Waals surface area contributed by atoms with E-state index in [4.69, 9.17) is 14.0 Å². The average molecular weight is 524 g/mol. The monoisotopic (exact) mass is 524 g/mol. The van der Waals surface area contributed by atoms with Crippen molar-refractivity contribution in [3.8, 4) is 0 Å². The molecular weight excluding hydrogens is 499 g/mol. The van der Waals surface area contributed by atoms with Crippen LogP contribution in [0.25, 0.3) is 0 Å². The molecule has 158 valence electrons. The number of hydrogen-bond donors (Lipinski definition) is 1. The van der Waals surface area contributed by atoms with Gasteiger partial charge in [-0.3, -0.25) is 4.55 Å². The summed E-state index contributed by atoms with van der Waals surface area (Å²) >= 11 is -1.03. The Bertz CT molecular complexity index is 542. The van der Waals surface area contributed by atoms with E-state index in [1.165, 1.54) is 0 Å². The second kappa shape index (κ2) is 11.0. The molecule has 6 nitrogen and oxygen atoms in total. The van der Waals surface area contributed by atoms with Gasteiger partial charge in [-0.25, -0.2) is 0 Å². The van der Waals surface area contributed by atoms with Crippen LogP contribution >= 0.6 is 19.8 Å². The third kappa shape index (κ3) is 8.65. The normalized spacial score (nSPS) is 14.8. The molecular formula is C14H25F4IO6S. The van der Waals surface area contributed by atoms with E-state index in [9.17, 15) is 30.8 Å². The molecule has 0 fully saturated rings. The van der Waals surface area contributed by atoms with E-state index in [-0.39, 0.29) is 31.7 Å². The maximum absolute atomic E-state index is 13.2. The van der Waals surface area contributed by atoms with E-state index in [2.05, 4.69) is 9.86 Å². The third-order valence-corrected chi connectivity index (χ3v) is 7.18. The molecule has 0 aliphatic carbocycles. The van der Waals surface area contributed by atoms with Crippen LogP contribution in [-0.4, -0.2) is 64.2 Å². The first kappa shape index (κ1) is 25.8. The van der Waals surface area contributed by atoms with Crippen molar-refractivity contribution >= 4 is 35.9 Å². The van der Waals surface area contributed by atoms with Crippen LogP contribution in [-0.2, 0) is 24.4 Å². The molecule has 0 aliphatic rings. The van der Waals surface area contributed by atoms with Crippen molar-refractivity contribution in [2.75, 3.05) is 34.1 Å². The minimum absolute atomic E-state index is 0.0714. The first-order valence-electron chi connectivity index (χ1n) is 7.65. The summed E-state index contributed by atoms with van der Waals surface area (Å²) in [5, 5.41) is -5.55. The second-order valence-corrected chi connectivity index (χ2v) is 13.5.